The molecule has 0 aliphatic carbocycles. The van der Waals surface area contributed by atoms with Crippen LogP contribution in [-0.4, -0.2) is 46.5 Å². The van der Waals surface area contributed by atoms with Crippen LogP contribution in [0.5, 0.6) is 0 Å². The van der Waals surface area contributed by atoms with Gasteiger partial charge in [-0.15, -0.1) is 0 Å². The Bertz CT molecular complexity index is 1710. The quantitative estimate of drug-likeness (QED) is 0.0489. The van der Waals surface area contributed by atoms with Gasteiger partial charge < -0.3 is 0 Å². The maximum absolute atomic E-state index is 14.7. The zero-order valence-electron chi connectivity index (χ0n) is 45.3. The van der Waals surface area contributed by atoms with Crippen molar-refractivity contribution in [2.45, 2.75) is 285 Å². The molecule has 0 saturated carbocycles. The molecule has 2 aliphatic rings. The number of hydrogen-bond acceptors (Lipinski definition) is 4. The first kappa shape index (κ1) is 60.5. The first-order valence-electron chi connectivity index (χ1n) is 29.9. The van der Waals surface area contributed by atoms with Crippen molar-refractivity contribution in [3.05, 3.63) is 43.3 Å². The minimum absolute atomic E-state index is 0.231. The van der Waals surface area contributed by atoms with Gasteiger partial charge in [0.2, 0.25) is 0 Å². The molecule has 0 saturated heterocycles. The Morgan fingerprint density at radius 1 is 0.329 bits per heavy atom. The zero-order chi connectivity index (χ0) is 50.4. The number of carbonyl (C=O) groups is 4. The highest BCUT2D eigenvalue weighted by Crippen LogP contribution is 2.45. The number of nitrogens with zero attached hydrogens (tertiary/aromatic N) is 2. The normalized spacial score (nSPS) is 14.5. The van der Waals surface area contributed by atoms with E-state index < -0.39 is 0 Å². The average Bonchev–Trinajstić information content (AvgIpc) is 3.35. The van der Waals surface area contributed by atoms with E-state index >= 15 is 0 Å². The van der Waals surface area contributed by atoms with Crippen molar-refractivity contribution in [1.29, 1.82) is 0 Å². The van der Waals surface area contributed by atoms with Gasteiger partial charge in [-0.1, -0.05) is 259 Å². The molecular weight excluding hydrogens is 996 g/mol. The van der Waals surface area contributed by atoms with E-state index in [1.54, 1.807) is 12.1 Å². The molecule has 0 radical (unpaired) electrons. The molecule has 8 heteroatoms. The second-order valence-corrected chi connectivity index (χ2v) is 23.7. The number of unbranched alkanes of at least 4 members (excludes halogenated alkanes) is 32. The third-order valence-electron chi connectivity index (χ3n) is 15.9. The monoisotopic (exact) mass is 1090 g/mol. The molecule has 4 amide bonds. The van der Waals surface area contributed by atoms with Crippen molar-refractivity contribution in [3.8, 4) is 0 Å². The highest BCUT2D eigenvalue weighted by molar-refractivity contribution is 9.10. The van der Waals surface area contributed by atoms with Crippen LogP contribution in [0.1, 0.15) is 326 Å². The molecule has 0 spiro atoms. The Hall–Kier alpha value is -2.06. The highest BCUT2D eigenvalue weighted by Gasteiger charge is 2.43. The molecule has 0 N–H and O–H groups in total. The Balaban J connectivity index is 1.48. The van der Waals surface area contributed by atoms with E-state index in [1.807, 2.05) is 0 Å². The van der Waals surface area contributed by atoms with E-state index in [4.69, 9.17) is 0 Å². The van der Waals surface area contributed by atoms with Gasteiger partial charge in [0, 0.05) is 43.9 Å². The third kappa shape index (κ3) is 20.0. The third-order valence-corrected chi connectivity index (χ3v) is 17.2. The molecule has 6 nitrogen and oxygen atoms in total. The Kier molecular flexibility index (Phi) is 31.1. The second-order valence-electron chi connectivity index (χ2n) is 22.0. The van der Waals surface area contributed by atoms with Gasteiger partial charge in [0.25, 0.3) is 23.6 Å². The fourth-order valence-electron chi connectivity index (χ4n) is 11.5. The van der Waals surface area contributed by atoms with Crippen LogP contribution < -0.4 is 0 Å². The van der Waals surface area contributed by atoms with Gasteiger partial charge in [-0.25, -0.2) is 0 Å². The largest absolute Gasteiger partial charge is 0.274 e. The van der Waals surface area contributed by atoms with Crippen molar-refractivity contribution < 1.29 is 19.2 Å². The summed E-state index contributed by atoms with van der Waals surface area (Å²) in [5.41, 5.74) is 1.59. The number of rotatable bonds is 44. The lowest BCUT2D eigenvalue weighted by Gasteiger charge is -2.35. The molecular formula is C62H100Br2N2O4. The van der Waals surface area contributed by atoms with Crippen LogP contribution in [-0.2, 0) is 0 Å². The number of halogens is 2. The summed E-state index contributed by atoms with van der Waals surface area (Å²) < 4.78 is 1.04. The number of hydrogen-bond donors (Lipinski definition) is 0. The lowest BCUT2D eigenvalue weighted by molar-refractivity contribution is 0.0555. The summed E-state index contributed by atoms with van der Waals surface area (Å²) >= 11 is 7.52. The maximum atomic E-state index is 14.7. The van der Waals surface area contributed by atoms with E-state index in [9.17, 15) is 19.2 Å². The van der Waals surface area contributed by atoms with Gasteiger partial charge in [0.15, 0.2) is 0 Å². The van der Waals surface area contributed by atoms with E-state index in [0.717, 1.165) is 51.4 Å². The SMILES string of the molecule is CCCCCCCCCCCCC(CCCCCCCCCC)CN1C(=O)c2cc(Br)c3c4c(cc(Br)c(c24)C1=O)C(=O)N(CC(CCCCCCCCCC)CCCCCCCCCCCC)C3=O. The van der Waals surface area contributed by atoms with Crippen LogP contribution in [0.4, 0.5) is 0 Å². The average molecular weight is 1100 g/mol. The molecule has 0 aromatic heterocycles. The lowest BCUT2D eigenvalue weighted by Crippen LogP contribution is -2.46. The van der Waals surface area contributed by atoms with E-state index in [1.165, 1.54) is 215 Å². The van der Waals surface area contributed by atoms with Crippen LogP contribution >= 0.6 is 31.9 Å². The minimum Gasteiger partial charge on any atom is -0.274 e. The second kappa shape index (κ2) is 36.0. The minimum atomic E-state index is -0.322. The van der Waals surface area contributed by atoms with Crippen LogP contribution in [0, 0.1) is 11.8 Å². The summed E-state index contributed by atoms with van der Waals surface area (Å²) in [6.07, 6.45) is 49.7. The fraction of sp³-hybridized carbons (Fsp3) is 0.774. The fourth-order valence-corrected chi connectivity index (χ4v) is 12.7. The van der Waals surface area contributed by atoms with Crippen molar-refractivity contribution in [1.82, 2.24) is 9.80 Å². The molecule has 0 bridgehead atoms. The molecule has 2 unspecified atom stereocenters. The summed E-state index contributed by atoms with van der Waals surface area (Å²) in [6.45, 7) is 9.85. The first-order valence-corrected chi connectivity index (χ1v) is 31.5. The van der Waals surface area contributed by atoms with Gasteiger partial charge in [0.05, 0.1) is 11.1 Å². The smallest absolute Gasteiger partial charge is 0.262 e. The van der Waals surface area contributed by atoms with Gasteiger partial charge in [-0.2, -0.15) is 0 Å². The standard InChI is InChI=1S/C62H100Br2N2O4/c1-5-9-13-17-21-25-27-31-35-39-43-49(41-37-33-29-23-19-15-11-7-3)47-65-59(67)51-45-54(64)58-56-52(46-53(63)57(55(51)56)61(65)69)60(68)66(62(58)70)48-50(42-38-34-30-24-20-16-12-8-4)44-40-36-32-28-26-22-18-14-10-6-2/h45-46,49-50H,5-44,47-48H2,1-4H3. The number of imide groups is 2. The molecule has 2 heterocycles. The first-order chi connectivity index (χ1) is 34.2. The number of carbonyl (C=O) groups excluding carboxylic acids is 4. The number of benzene rings is 2. The van der Waals surface area contributed by atoms with Crippen molar-refractivity contribution in [2.75, 3.05) is 13.1 Å². The summed E-state index contributed by atoms with van der Waals surface area (Å²) in [4.78, 5) is 61.8. The maximum Gasteiger partial charge on any atom is 0.262 e. The Labute approximate surface area is 445 Å². The van der Waals surface area contributed by atoms with Gasteiger partial charge in [-0.05, 0) is 81.5 Å². The molecule has 70 heavy (non-hydrogen) atoms. The van der Waals surface area contributed by atoms with Crippen molar-refractivity contribution in [2.24, 2.45) is 11.8 Å². The van der Waals surface area contributed by atoms with Crippen LogP contribution in [0.25, 0.3) is 10.8 Å². The van der Waals surface area contributed by atoms with Crippen LogP contribution in [0.15, 0.2) is 21.1 Å². The molecule has 0 fully saturated rings. The van der Waals surface area contributed by atoms with E-state index in [-0.39, 0.29) is 35.5 Å². The highest BCUT2D eigenvalue weighted by atomic mass is 79.9. The molecule has 2 aliphatic heterocycles. The lowest BCUT2D eigenvalue weighted by atomic mass is 9.84. The zero-order valence-corrected chi connectivity index (χ0v) is 48.5. The molecule has 4 rings (SSSR count). The summed E-state index contributed by atoms with van der Waals surface area (Å²) in [5, 5.41) is 0.899. The molecule has 396 valence electrons. The van der Waals surface area contributed by atoms with Crippen molar-refractivity contribution in [3.63, 3.8) is 0 Å². The van der Waals surface area contributed by atoms with E-state index in [2.05, 4.69) is 59.6 Å². The molecule has 2 aromatic rings. The predicted octanol–water partition coefficient (Wildman–Crippen LogP) is 20.5. The van der Waals surface area contributed by atoms with Crippen molar-refractivity contribution >= 4 is 66.3 Å². The van der Waals surface area contributed by atoms with E-state index in [0.29, 0.717) is 55.1 Å². The summed E-state index contributed by atoms with van der Waals surface area (Å²) in [5.74, 6) is -0.817. The van der Waals surface area contributed by atoms with Gasteiger partial charge in [-0.3, -0.25) is 29.0 Å². The van der Waals surface area contributed by atoms with Crippen LogP contribution in [0.3, 0.4) is 0 Å². The topological polar surface area (TPSA) is 74.8 Å². The summed E-state index contributed by atoms with van der Waals surface area (Å²) in [7, 11) is 0. The van der Waals surface area contributed by atoms with Gasteiger partial charge in [0.1, 0.15) is 0 Å². The molecule has 2 atom stereocenters. The Morgan fingerprint density at radius 2 is 0.543 bits per heavy atom. The summed E-state index contributed by atoms with van der Waals surface area (Å²) in [6, 6.07) is 3.53. The number of amides is 4. The predicted molar refractivity (Wildman–Crippen MR) is 304 cm³/mol. The molecule has 2 aromatic carbocycles. The van der Waals surface area contributed by atoms with Gasteiger partial charge >= 0.3 is 0 Å². The van der Waals surface area contributed by atoms with Crippen LogP contribution in [0.2, 0.25) is 0 Å². The Morgan fingerprint density at radius 3 is 0.771 bits per heavy atom.